The van der Waals surface area contributed by atoms with Crippen LogP contribution >= 0.6 is 0 Å². The number of allylic oxidation sites excluding steroid dienone is 1. The van der Waals surface area contributed by atoms with E-state index in [1.165, 1.54) is 12.0 Å². The zero-order chi connectivity index (χ0) is 26.1. The SMILES string of the molecule is C=NNc1ccc(/C(N)=N/C(=C(\N)CCc2ccccc2)N2CCNCC2)cc1C.CC.CCC. The van der Waals surface area contributed by atoms with Crippen LogP contribution in [0.5, 0.6) is 0 Å². The summed E-state index contributed by atoms with van der Waals surface area (Å²) >= 11 is 0. The highest BCUT2D eigenvalue weighted by atomic mass is 15.3. The van der Waals surface area contributed by atoms with Gasteiger partial charge < -0.3 is 21.7 Å². The van der Waals surface area contributed by atoms with Gasteiger partial charge in [-0.3, -0.25) is 5.43 Å². The predicted molar refractivity (Wildman–Crippen MR) is 153 cm³/mol. The van der Waals surface area contributed by atoms with Crippen molar-refractivity contribution in [2.24, 2.45) is 21.6 Å². The molecule has 0 aromatic heterocycles. The van der Waals surface area contributed by atoms with Gasteiger partial charge in [0, 0.05) is 38.5 Å². The van der Waals surface area contributed by atoms with Gasteiger partial charge in [0.15, 0.2) is 0 Å². The van der Waals surface area contributed by atoms with Crippen LogP contribution in [0.3, 0.4) is 0 Å². The third kappa shape index (κ3) is 10.2. The molecule has 0 aliphatic carbocycles. The Labute approximate surface area is 212 Å². The van der Waals surface area contributed by atoms with Crippen LogP contribution in [0.15, 0.2) is 70.1 Å². The molecule has 35 heavy (non-hydrogen) atoms. The number of aliphatic imine (C=N–C) groups is 1. The van der Waals surface area contributed by atoms with Gasteiger partial charge in [-0.2, -0.15) is 5.10 Å². The molecule has 7 heteroatoms. The van der Waals surface area contributed by atoms with Gasteiger partial charge in [0.05, 0.1) is 11.4 Å². The number of anilines is 1. The molecule has 0 spiro atoms. The van der Waals surface area contributed by atoms with Gasteiger partial charge in [-0.15, -0.1) is 0 Å². The van der Waals surface area contributed by atoms with Gasteiger partial charge >= 0.3 is 0 Å². The molecule has 6 N–H and O–H groups in total. The van der Waals surface area contributed by atoms with Crippen molar-refractivity contribution < 1.29 is 0 Å². The Bertz CT molecular complexity index is 930. The fourth-order valence-corrected chi connectivity index (χ4v) is 3.47. The second-order valence-corrected chi connectivity index (χ2v) is 8.08. The lowest BCUT2D eigenvalue weighted by molar-refractivity contribution is 0.293. The summed E-state index contributed by atoms with van der Waals surface area (Å²) in [6, 6.07) is 16.2. The monoisotopic (exact) mass is 479 g/mol. The fraction of sp³-hybridized carbons (Fsp3) is 0.429. The van der Waals surface area contributed by atoms with Crippen molar-refractivity contribution in [2.45, 2.75) is 53.9 Å². The van der Waals surface area contributed by atoms with Crippen molar-refractivity contribution in [3.8, 4) is 0 Å². The van der Waals surface area contributed by atoms with Crippen molar-refractivity contribution in [1.82, 2.24) is 10.2 Å². The molecule has 1 heterocycles. The lowest BCUT2D eigenvalue weighted by atomic mass is 10.1. The largest absolute Gasteiger partial charge is 0.399 e. The zero-order valence-corrected chi connectivity index (χ0v) is 22.3. The normalized spacial score (nSPS) is 14.0. The quantitative estimate of drug-likeness (QED) is 0.246. The minimum Gasteiger partial charge on any atom is -0.399 e. The molecule has 1 saturated heterocycles. The van der Waals surface area contributed by atoms with E-state index in [4.69, 9.17) is 16.5 Å². The van der Waals surface area contributed by atoms with Gasteiger partial charge in [-0.1, -0.05) is 64.4 Å². The summed E-state index contributed by atoms with van der Waals surface area (Å²) in [4.78, 5) is 7.01. The Morgan fingerprint density at radius 2 is 1.69 bits per heavy atom. The molecular weight excluding hydrogens is 434 g/mol. The van der Waals surface area contributed by atoms with Crippen molar-refractivity contribution in [3.63, 3.8) is 0 Å². The average molecular weight is 480 g/mol. The number of nitrogens with one attached hydrogen (secondary N) is 2. The number of benzene rings is 2. The summed E-state index contributed by atoms with van der Waals surface area (Å²) in [6.45, 7) is 17.2. The molecule has 2 aromatic rings. The lowest BCUT2D eigenvalue weighted by Gasteiger charge is -2.30. The topological polar surface area (TPSA) is 104 Å². The van der Waals surface area contributed by atoms with E-state index < -0.39 is 0 Å². The number of hydrogen-bond acceptors (Lipinski definition) is 6. The number of amidine groups is 1. The summed E-state index contributed by atoms with van der Waals surface area (Å²) in [5, 5.41) is 7.09. The standard InChI is InChI=1S/C23H31N7.C3H8.C2H6/c1-17-16-19(9-11-21(17)29-26-2)22(25)28-23(30-14-12-27-13-15-30)20(24)10-8-18-6-4-3-5-7-18;1-3-2;1-2/h3-7,9,11,16,27,29H,2,8,10,12-15,24H2,1H3,(H2,25,28);3H2,1-2H3;1-2H3/b23-20+;;. The number of piperazine rings is 1. The Balaban J connectivity index is 0.00000114. The lowest BCUT2D eigenvalue weighted by Crippen LogP contribution is -2.43. The zero-order valence-electron chi connectivity index (χ0n) is 22.3. The molecule has 1 fully saturated rings. The van der Waals surface area contributed by atoms with Crippen molar-refractivity contribution in [3.05, 3.63) is 76.7 Å². The second-order valence-electron chi connectivity index (χ2n) is 8.08. The van der Waals surface area contributed by atoms with E-state index in [1.54, 1.807) is 0 Å². The first-order valence-electron chi connectivity index (χ1n) is 12.6. The Kier molecular flexibility index (Phi) is 14.6. The Morgan fingerprint density at radius 1 is 1.06 bits per heavy atom. The molecule has 192 valence electrons. The summed E-state index contributed by atoms with van der Waals surface area (Å²) < 4.78 is 0. The Morgan fingerprint density at radius 3 is 2.26 bits per heavy atom. The van der Waals surface area contributed by atoms with Crippen molar-refractivity contribution in [1.29, 1.82) is 0 Å². The highest BCUT2D eigenvalue weighted by Crippen LogP contribution is 2.19. The van der Waals surface area contributed by atoms with Crippen LogP contribution in [0.4, 0.5) is 5.69 Å². The van der Waals surface area contributed by atoms with Gasteiger partial charge in [0.2, 0.25) is 0 Å². The molecule has 0 radical (unpaired) electrons. The van der Waals surface area contributed by atoms with Gasteiger partial charge in [0.1, 0.15) is 11.7 Å². The summed E-state index contributed by atoms with van der Waals surface area (Å²) in [6.07, 6.45) is 2.85. The van der Waals surface area contributed by atoms with Crippen LogP contribution < -0.4 is 22.2 Å². The third-order valence-electron chi connectivity index (χ3n) is 5.18. The average Bonchev–Trinajstić information content (AvgIpc) is 2.89. The summed E-state index contributed by atoms with van der Waals surface area (Å²) in [7, 11) is 0. The van der Waals surface area contributed by atoms with Crippen LogP contribution in [0.2, 0.25) is 0 Å². The maximum Gasteiger partial charge on any atom is 0.150 e. The molecule has 7 nitrogen and oxygen atoms in total. The Hall–Kier alpha value is -3.32. The molecule has 0 amide bonds. The minimum atomic E-state index is 0.451. The highest BCUT2D eigenvalue weighted by Gasteiger charge is 2.17. The fourth-order valence-electron chi connectivity index (χ4n) is 3.47. The minimum absolute atomic E-state index is 0.451. The molecule has 0 unspecified atom stereocenters. The number of hydrogen-bond donors (Lipinski definition) is 4. The molecular formula is C28H45N7. The first-order valence-corrected chi connectivity index (χ1v) is 12.6. The number of aryl methyl sites for hydroxylation is 2. The van der Waals surface area contributed by atoms with E-state index in [9.17, 15) is 0 Å². The maximum atomic E-state index is 6.54. The summed E-state index contributed by atoms with van der Waals surface area (Å²) in [5.74, 6) is 1.23. The van der Waals surface area contributed by atoms with Crippen LogP contribution in [-0.4, -0.2) is 43.6 Å². The molecule has 0 atom stereocenters. The number of nitrogens with two attached hydrogens (primary N) is 2. The number of rotatable bonds is 8. The molecule has 3 rings (SSSR count). The summed E-state index contributed by atoms with van der Waals surface area (Å²) in [5.41, 5.74) is 20.6. The number of hydrazone groups is 1. The third-order valence-corrected chi connectivity index (χ3v) is 5.18. The molecule has 2 aromatic carbocycles. The van der Waals surface area contributed by atoms with Crippen molar-refractivity contribution in [2.75, 3.05) is 31.6 Å². The van der Waals surface area contributed by atoms with E-state index >= 15 is 0 Å². The van der Waals surface area contributed by atoms with Gasteiger partial charge in [-0.05, 0) is 49.1 Å². The molecule has 0 bridgehead atoms. The maximum absolute atomic E-state index is 6.54. The van der Waals surface area contributed by atoms with E-state index in [0.29, 0.717) is 5.84 Å². The predicted octanol–water partition coefficient (Wildman–Crippen LogP) is 4.84. The smallest absolute Gasteiger partial charge is 0.150 e. The van der Waals surface area contributed by atoms with Crippen molar-refractivity contribution >= 4 is 18.2 Å². The van der Waals surface area contributed by atoms with E-state index in [2.05, 4.69) is 53.4 Å². The molecule has 1 aliphatic heterocycles. The van der Waals surface area contributed by atoms with Crippen LogP contribution in [0.1, 0.15) is 57.2 Å². The molecule has 0 saturated carbocycles. The van der Waals surface area contributed by atoms with E-state index in [-0.39, 0.29) is 0 Å². The van der Waals surface area contributed by atoms with E-state index in [1.807, 2.05) is 57.2 Å². The van der Waals surface area contributed by atoms with Gasteiger partial charge in [0.25, 0.3) is 0 Å². The second kappa shape index (κ2) is 17.2. The van der Waals surface area contributed by atoms with Crippen LogP contribution in [-0.2, 0) is 6.42 Å². The first kappa shape index (κ1) is 29.7. The van der Waals surface area contributed by atoms with Crippen LogP contribution in [0.25, 0.3) is 0 Å². The first-order chi connectivity index (χ1) is 17.0. The van der Waals surface area contributed by atoms with E-state index in [0.717, 1.165) is 67.4 Å². The van der Waals surface area contributed by atoms with Crippen LogP contribution in [0, 0.1) is 6.92 Å². The molecule has 1 aliphatic rings. The highest BCUT2D eigenvalue weighted by molar-refractivity contribution is 5.98. The van der Waals surface area contributed by atoms with Gasteiger partial charge in [-0.25, -0.2) is 4.99 Å². The number of nitrogens with zero attached hydrogens (tertiary/aromatic N) is 3.